The molecule has 0 spiro atoms. The number of halogens is 1. The summed E-state index contributed by atoms with van der Waals surface area (Å²) in [5.41, 5.74) is 1.83. The van der Waals surface area contributed by atoms with Gasteiger partial charge in [-0.05, 0) is 17.7 Å². The number of nitrogens with zero attached hydrogens (tertiary/aromatic N) is 1. The van der Waals surface area contributed by atoms with Crippen molar-refractivity contribution >= 4 is 19.7 Å². The molecule has 0 aliphatic rings. The minimum absolute atomic E-state index is 0.131. The summed E-state index contributed by atoms with van der Waals surface area (Å²) in [5.74, 6) is 0. The molecule has 0 atom stereocenters. The predicted octanol–water partition coefficient (Wildman–Crippen LogP) is 2.68. The molecule has 16 heavy (non-hydrogen) atoms. The number of pyridine rings is 1. The first kappa shape index (κ1) is 11.1. The zero-order valence-corrected chi connectivity index (χ0v) is 9.74. The molecule has 5 heteroatoms. The van der Waals surface area contributed by atoms with Gasteiger partial charge >= 0.3 is 0 Å². The normalized spacial score (nSPS) is 11.3. The molecule has 82 valence electrons. The van der Waals surface area contributed by atoms with Gasteiger partial charge in [-0.2, -0.15) is 0 Å². The lowest BCUT2D eigenvalue weighted by Crippen LogP contribution is -1.94. The maximum Gasteiger partial charge on any atom is 0.278 e. The summed E-state index contributed by atoms with van der Waals surface area (Å²) in [7, 11) is 1.43. The second-order valence-electron chi connectivity index (χ2n) is 3.19. The van der Waals surface area contributed by atoms with Gasteiger partial charge in [-0.15, -0.1) is 0 Å². The van der Waals surface area contributed by atoms with Gasteiger partial charge in [0, 0.05) is 22.4 Å². The Hall–Kier alpha value is -1.39. The van der Waals surface area contributed by atoms with E-state index in [4.69, 9.17) is 10.7 Å². The van der Waals surface area contributed by atoms with Gasteiger partial charge in [-0.1, -0.05) is 30.3 Å². The van der Waals surface area contributed by atoms with Crippen LogP contribution < -0.4 is 0 Å². The highest BCUT2D eigenvalue weighted by atomic mass is 35.7. The number of aromatic nitrogens is 1. The highest BCUT2D eigenvalue weighted by Crippen LogP contribution is 2.20. The summed E-state index contributed by atoms with van der Waals surface area (Å²) < 4.78 is 22.0. The molecular formula is C11H8ClNO2S. The first-order chi connectivity index (χ1) is 7.57. The van der Waals surface area contributed by atoms with Crippen LogP contribution in [0.1, 0.15) is 0 Å². The fourth-order valence-electron chi connectivity index (χ4n) is 1.33. The topological polar surface area (TPSA) is 47.0 Å². The van der Waals surface area contributed by atoms with Crippen LogP contribution in [-0.2, 0) is 9.05 Å². The van der Waals surface area contributed by atoms with E-state index in [1.165, 1.54) is 12.3 Å². The lowest BCUT2D eigenvalue weighted by molar-refractivity contribution is 0.606. The maximum atomic E-state index is 11.0. The third-order valence-corrected chi connectivity index (χ3v) is 3.31. The van der Waals surface area contributed by atoms with Crippen LogP contribution in [0.2, 0.25) is 0 Å². The van der Waals surface area contributed by atoms with E-state index in [0.717, 1.165) is 11.1 Å². The van der Waals surface area contributed by atoms with Crippen molar-refractivity contribution in [3.8, 4) is 11.1 Å². The molecule has 0 saturated heterocycles. The van der Waals surface area contributed by atoms with E-state index in [0.29, 0.717) is 0 Å². The van der Waals surface area contributed by atoms with E-state index < -0.39 is 9.05 Å². The Balaban J connectivity index is 2.41. The van der Waals surface area contributed by atoms with Crippen LogP contribution in [0.4, 0.5) is 0 Å². The smallest absolute Gasteiger partial charge is 0.243 e. The second-order valence-corrected chi connectivity index (χ2v) is 5.70. The molecule has 1 heterocycles. The van der Waals surface area contributed by atoms with E-state index in [9.17, 15) is 8.42 Å². The van der Waals surface area contributed by atoms with E-state index in [1.54, 1.807) is 6.07 Å². The predicted molar refractivity (Wildman–Crippen MR) is 62.7 cm³/mol. The molecule has 0 aliphatic carbocycles. The van der Waals surface area contributed by atoms with Gasteiger partial charge in [-0.25, -0.2) is 13.4 Å². The second kappa shape index (κ2) is 4.23. The number of hydrogen-bond donors (Lipinski definition) is 0. The van der Waals surface area contributed by atoms with Crippen molar-refractivity contribution in [1.29, 1.82) is 0 Å². The summed E-state index contributed by atoms with van der Waals surface area (Å²) in [4.78, 5) is 3.81. The molecule has 2 aromatic rings. The van der Waals surface area contributed by atoms with Crippen molar-refractivity contribution in [2.45, 2.75) is 5.03 Å². The number of hydrogen-bond acceptors (Lipinski definition) is 3. The zero-order chi connectivity index (χ0) is 11.6. The van der Waals surface area contributed by atoms with Gasteiger partial charge in [0.1, 0.15) is 0 Å². The molecule has 0 saturated carbocycles. The Labute approximate surface area is 98.1 Å². The first-order valence-electron chi connectivity index (χ1n) is 4.53. The fourth-order valence-corrected chi connectivity index (χ4v) is 2.01. The van der Waals surface area contributed by atoms with Crippen molar-refractivity contribution in [2.75, 3.05) is 0 Å². The summed E-state index contributed by atoms with van der Waals surface area (Å²) >= 11 is 0. The Morgan fingerprint density at radius 3 is 2.12 bits per heavy atom. The Kier molecular flexibility index (Phi) is 2.94. The molecule has 0 bridgehead atoms. The molecule has 3 nitrogen and oxygen atoms in total. The van der Waals surface area contributed by atoms with Crippen LogP contribution in [-0.4, -0.2) is 13.4 Å². The lowest BCUT2D eigenvalue weighted by atomic mass is 10.1. The number of rotatable bonds is 2. The maximum absolute atomic E-state index is 11.0. The third-order valence-electron chi connectivity index (χ3n) is 2.09. The van der Waals surface area contributed by atoms with Crippen molar-refractivity contribution in [3.63, 3.8) is 0 Å². The van der Waals surface area contributed by atoms with E-state index in [-0.39, 0.29) is 5.03 Å². The average molecular weight is 254 g/mol. The van der Waals surface area contributed by atoms with Gasteiger partial charge in [-0.3, -0.25) is 0 Å². The standard InChI is InChI=1S/C11H8ClNO2S/c12-16(14,15)11-7-6-10(8-13-11)9-4-2-1-3-5-9/h1-8H. The van der Waals surface area contributed by atoms with Crippen molar-refractivity contribution in [2.24, 2.45) is 0 Å². The average Bonchev–Trinajstić information content (AvgIpc) is 2.29. The SMILES string of the molecule is O=S(=O)(Cl)c1ccc(-c2ccccc2)cn1. The summed E-state index contributed by atoms with van der Waals surface area (Å²) in [6.07, 6.45) is 1.49. The molecule has 0 fully saturated rings. The van der Waals surface area contributed by atoms with Gasteiger partial charge in [0.2, 0.25) is 0 Å². The van der Waals surface area contributed by atoms with Gasteiger partial charge in [0.25, 0.3) is 9.05 Å². The van der Waals surface area contributed by atoms with Crippen LogP contribution in [0.5, 0.6) is 0 Å². The molecule has 0 unspecified atom stereocenters. The van der Waals surface area contributed by atoms with Crippen LogP contribution in [0.15, 0.2) is 53.7 Å². The largest absolute Gasteiger partial charge is 0.278 e. The molecule has 1 aromatic carbocycles. The molecule has 1 aromatic heterocycles. The summed E-state index contributed by atoms with van der Waals surface area (Å²) in [6.45, 7) is 0. The lowest BCUT2D eigenvalue weighted by Gasteiger charge is -2.01. The van der Waals surface area contributed by atoms with E-state index in [2.05, 4.69) is 4.98 Å². The van der Waals surface area contributed by atoms with E-state index in [1.807, 2.05) is 30.3 Å². The molecule has 0 N–H and O–H groups in total. The van der Waals surface area contributed by atoms with Crippen LogP contribution >= 0.6 is 10.7 Å². The summed E-state index contributed by atoms with van der Waals surface area (Å²) in [5, 5.41) is -0.131. The van der Waals surface area contributed by atoms with E-state index >= 15 is 0 Å². The Morgan fingerprint density at radius 2 is 1.62 bits per heavy atom. The Morgan fingerprint density at radius 1 is 0.938 bits per heavy atom. The first-order valence-corrected chi connectivity index (χ1v) is 6.84. The molecule has 2 rings (SSSR count). The molecule has 0 radical (unpaired) electrons. The molecule has 0 aliphatic heterocycles. The van der Waals surface area contributed by atoms with Crippen molar-refractivity contribution < 1.29 is 8.42 Å². The highest BCUT2D eigenvalue weighted by Gasteiger charge is 2.10. The van der Waals surface area contributed by atoms with Crippen LogP contribution in [0.3, 0.4) is 0 Å². The van der Waals surface area contributed by atoms with Crippen LogP contribution in [0, 0.1) is 0 Å². The minimum Gasteiger partial charge on any atom is -0.243 e. The van der Waals surface area contributed by atoms with Gasteiger partial charge in [0.05, 0.1) is 0 Å². The third kappa shape index (κ3) is 2.40. The zero-order valence-electron chi connectivity index (χ0n) is 8.17. The molecular weight excluding hydrogens is 246 g/mol. The number of benzene rings is 1. The highest BCUT2D eigenvalue weighted by molar-refractivity contribution is 8.13. The monoisotopic (exact) mass is 253 g/mol. The van der Waals surface area contributed by atoms with Crippen LogP contribution in [0.25, 0.3) is 11.1 Å². The van der Waals surface area contributed by atoms with Gasteiger partial charge in [0.15, 0.2) is 5.03 Å². The summed E-state index contributed by atoms with van der Waals surface area (Å²) in [6, 6.07) is 12.6. The fraction of sp³-hybridized carbons (Fsp3) is 0. The Bertz CT molecular complexity index is 579. The minimum atomic E-state index is -3.74. The molecule has 0 amide bonds. The van der Waals surface area contributed by atoms with Gasteiger partial charge < -0.3 is 0 Å². The quantitative estimate of drug-likeness (QED) is 0.773. The van der Waals surface area contributed by atoms with Crippen molar-refractivity contribution in [1.82, 2.24) is 4.98 Å². The van der Waals surface area contributed by atoms with Crippen molar-refractivity contribution in [3.05, 3.63) is 48.7 Å².